The van der Waals surface area contributed by atoms with Gasteiger partial charge in [0.1, 0.15) is 0 Å². The molecule has 12 heavy (non-hydrogen) atoms. The van der Waals surface area contributed by atoms with Crippen LogP contribution in [0.15, 0.2) is 0 Å². The summed E-state index contributed by atoms with van der Waals surface area (Å²) in [7, 11) is 4.16. The predicted octanol–water partition coefficient (Wildman–Crippen LogP) is 0.265. The van der Waals surface area contributed by atoms with Crippen molar-refractivity contribution in [3.05, 3.63) is 0 Å². The van der Waals surface area contributed by atoms with Gasteiger partial charge in [-0.3, -0.25) is 0 Å². The van der Waals surface area contributed by atoms with Gasteiger partial charge in [-0.2, -0.15) is 0 Å². The zero-order chi connectivity index (χ0) is 9.40. The van der Waals surface area contributed by atoms with Crippen molar-refractivity contribution in [2.45, 2.75) is 25.8 Å². The van der Waals surface area contributed by atoms with E-state index in [9.17, 15) is 0 Å². The van der Waals surface area contributed by atoms with Crippen LogP contribution in [0.2, 0.25) is 0 Å². The molecule has 0 aliphatic rings. The number of hydrogen-bond acceptors (Lipinski definition) is 3. The van der Waals surface area contributed by atoms with Crippen molar-refractivity contribution in [2.75, 3.05) is 33.7 Å². The van der Waals surface area contributed by atoms with Gasteiger partial charge in [-0.25, -0.2) is 0 Å². The van der Waals surface area contributed by atoms with E-state index in [1.165, 1.54) is 12.8 Å². The Kier molecular flexibility index (Phi) is 7.45. The second-order valence-corrected chi connectivity index (χ2v) is 3.48. The van der Waals surface area contributed by atoms with Crippen LogP contribution >= 0.6 is 0 Å². The van der Waals surface area contributed by atoms with Crippen molar-refractivity contribution in [2.24, 2.45) is 5.73 Å². The van der Waals surface area contributed by atoms with Crippen LogP contribution in [0.3, 0.4) is 0 Å². The lowest BCUT2D eigenvalue weighted by molar-refractivity contribution is 0.377. The molecule has 0 aromatic rings. The van der Waals surface area contributed by atoms with Crippen LogP contribution in [-0.4, -0.2) is 44.7 Å². The first-order chi connectivity index (χ1) is 5.70. The van der Waals surface area contributed by atoms with Gasteiger partial charge >= 0.3 is 0 Å². The second kappa shape index (κ2) is 7.53. The quantitative estimate of drug-likeness (QED) is 0.580. The Balaban J connectivity index is 3.31. The van der Waals surface area contributed by atoms with E-state index in [2.05, 4.69) is 31.2 Å². The van der Waals surface area contributed by atoms with Crippen molar-refractivity contribution in [3.8, 4) is 0 Å². The average molecular weight is 173 g/mol. The third kappa shape index (κ3) is 6.58. The lowest BCUT2D eigenvalue weighted by atomic mass is 10.2. The normalized spacial score (nSPS) is 13.8. The molecule has 0 saturated heterocycles. The van der Waals surface area contributed by atoms with Gasteiger partial charge in [0.15, 0.2) is 0 Å². The molecule has 0 amide bonds. The number of rotatable bonds is 7. The number of hydrogen-bond donors (Lipinski definition) is 2. The largest absolute Gasteiger partial charge is 0.329 e. The van der Waals surface area contributed by atoms with E-state index in [0.29, 0.717) is 6.04 Å². The summed E-state index contributed by atoms with van der Waals surface area (Å²) in [4.78, 5) is 2.17. The topological polar surface area (TPSA) is 41.3 Å². The zero-order valence-corrected chi connectivity index (χ0v) is 8.64. The molecule has 0 aromatic carbocycles. The van der Waals surface area contributed by atoms with Gasteiger partial charge in [0.2, 0.25) is 0 Å². The lowest BCUT2D eigenvalue weighted by Gasteiger charge is -2.17. The summed E-state index contributed by atoms with van der Waals surface area (Å²) in [5.74, 6) is 0. The molecule has 1 unspecified atom stereocenters. The van der Waals surface area contributed by atoms with Gasteiger partial charge in [0, 0.05) is 25.7 Å². The molecule has 3 N–H and O–H groups in total. The van der Waals surface area contributed by atoms with E-state index in [4.69, 9.17) is 5.73 Å². The van der Waals surface area contributed by atoms with E-state index < -0.39 is 0 Å². The molecule has 0 heterocycles. The average Bonchev–Trinajstić information content (AvgIpc) is 2.02. The molecule has 0 bridgehead atoms. The van der Waals surface area contributed by atoms with Crippen LogP contribution in [0.4, 0.5) is 0 Å². The zero-order valence-electron chi connectivity index (χ0n) is 8.64. The molecule has 0 aliphatic heterocycles. The highest BCUT2D eigenvalue weighted by Crippen LogP contribution is 1.93. The van der Waals surface area contributed by atoms with Crippen LogP contribution in [0.5, 0.6) is 0 Å². The standard InChI is InChI=1S/C9H23N3/c1-4-5-9(8-10)11-6-7-12(2)3/h9,11H,4-8,10H2,1-3H3. The van der Waals surface area contributed by atoms with Crippen molar-refractivity contribution >= 4 is 0 Å². The summed E-state index contributed by atoms with van der Waals surface area (Å²) < 4.78 is 0. The van der Waals surface area contributed by atoms with Gasteiger partial charge < -0.3 is 16.0 Å². The van der Waals surface area contributed by atoms with Crippen LogP contribution in [0, 0.1) is 0 Å². The fourth-order valence-corrected chi connectivity index (χ4v) is 1.14. The Morgan fingerprint density at radius 1 is 1.42 bits per heavy atom. The molecular weight excluding hydrogens is 150 g/mol. The molecule has 3 heteroatoms. The molecule has 0 aromatic heterocycles. The first-order valence-corrected chi connectivity index (χ1v) is 4.78. The van der Waals surface area contributed by atoms with Crippen LogP contribution in [-0.2, 0) is 0 Å². The second-order valence-electron chi connectivity index (χ2n) is 3.48. The summed E-state index contributed by atoms with van der Waals surface area (Å²) in [6.45, 7) is 5.06. The fraction of sp³-hybridized carbons (Fsp3) is 1.00. The minimum Gasteiger partial charge on any atom is -0.329 e. The molecule has 0 aliphatic carbocycles. The van der Waals surface area contributed by atoms with Gasteiger partial charge in [-0.1, -0.05) is 13.3 Å². The Bertz CT molecular complexity index is 93.8. The highest BCUT2D eigenvalue weighted by atomic mass is 15.1. The minimum absolute atomic E-state index is 0.509. The Hall–Kier alpha value is -0.120. The summed E-state index contributed by atoms with van der Waals surface area (Å²) in [5, 5.41) is 3.44. The third-order valence-electron chi connectivity index (χ3n) is 1.91. The van der Waals surface area contributed by atoms with Crippen molar-refractivity contribution in [1.29, 1.82) is 0 Å². The smallest absolute Gasteiger partial charge is 0.0190 e. The SMILES string of the molecule is CCCC(CN)NCCN(C)C. The van der Waals surface area contributed by atoms with Crippen LogP contribution in [0.25, 0.3) is 0 Å². The highest BCUT2D eigenvalue weighted by molar-refractivity contribution is 4.66. The maximum absolute atomic E-state index is 5.60. The Morgan fingerprint density at radius 3 is 2.50 bits per heavy atom. The molecule has 0 radical (unpaired) electrons. The van der Waals surface area contributed by atoms with E-state index in [-0.39, 0.29) is 0 Å². The molecule has 3 nitrogen and oxygen atoms in total. The van der Waals surface area contributed by atoms with Gasteiger partial charge in [-0.15, -0.1) is 0 Å². The van der Waals surface area contributed by atoms with E-state index in [1.807, 2.05) is 0 Å². The maximum Gasteiger partial charge on any atom is 0.0190 e. The molecule has 1 atom stereocenters. The van der Waals surface area contributed by atoms with E-state index >= 15 is 0 Å². The maximum atomic E-state index is 5.60. The lowest BCUT2D eigenvalue weighted by Crippen LogP contribution is -2.39. The first-order valence-electron chi connectivity index (χ1n) is 4.78. The molecule has 0 fully saturated rings. The van der Waals surface area contributed by atoms with E-state index in [1.54, 1.807) is 0 Å². The van der Waals surface area contributed by atoms with Crippen molar-refractivity contribution < 1.29 is 0 Å². The number of likely N-dealkylation sites (N-methyl/N-ethyl adjacent to an activating group) is 1. The Labute approximate surface area is 76.3 Å². The van der Waals surface area contributed by atoms with Gasteiger partial charge in [-0.05, 0) is 20.5 Å². The first kappa shape index (κ1) is 11.9. The molecule has 0 saturated carbocycles. The fourth-order valence-electron chi connectivity index (χ4n) is 1.14. The Morgan fingerprint density at radius 2 is 2.08 bits per heavy atom. The summed E-state index contributed by atoms with van der Waals surface area (Å²) in [6, 6.07) is 0.509. The van der Waals surface area contributed by atoms with Crippen molar-refractivity contribution in [1.82, 2.24) is 10.2 Å². The highest BCUT2D eigenvalue weighted by Gasteiger charge is 2.02. The predicted molar refractivity (Wildman–Crippen MR) is 54.3 cm³/mol. The summed E-state index contributed by atoms with van der Waals surface area (Å²) >= 11 is 0. The number of nitrogens with zero attached hydrogens (tertiary/aromatic N) is 1. The van der Waals surface area contributed by atoms with E-state index in [0.717, 1.165) is 19.6 Å². The summed E-state index contributed by atoms with van der Waals surface area (Å²) in [6.07, 6.45) is 2.39. The molecule has 74 valence electrons. The molecule has 0 rings (SSSR count). The molecular formula is C9H23N3. The molecule has 0 spiro atoms. The number of nitrogens with one attached hydrogen (secondary N) is 1. The van der Waals surface area contributed by atoms with Crippen LogP contribution in [0.1, 0.15) is 19.8 Å². The number of nitrogens with two attached hydrogens (primary N) is 1. The third-order valence-corrected chi connectivity index (χ3v) is 1.91. The van der Waals surface area contributed by atoms with Crippen molar-refractivity contribution in [3.63, 3.8) is 0 Å². The summed E-state index contributed by atoms with van der Waals surface area (Å²) in [5.41, 5.74) is 5.60. The monoisotopic (exact) mass is 173 g/mol. The van der Waals surface area contributed by atoms with Gasteiger partial charge in [0.25, 0.3) is 0 Å². The van der Waals surface area contributed by atoms with Crippen LogP contribution < -0.4 is 11.1 Å². The van der Waals surface area contributed by atoms with Gasteiger partial charge in [0.05, 0.1) is 0 Å². The minimum atomic E-state index is 0.509.